The predicted molar refractivity (Wildman–Crippen MR) is 141 cm³/mol. The molecule has 182 valence electrons. The number of carbonyl (C=O) groups is 1. The Hall–Kier alpha value is -4.04. The summed E-state index contributed by atoms with van der Waals surface area (Å²) in [6.45, 7) is 3.68. The van der Waals surface area contributed by atoms with E-state index in [-0.39, 0.29) is 22.8 Å². The number of ether oxygens (including phenoxy) is 1. The van der Waals surface area contributed by atoms with Crippen LogP contribution in [0.3, 0.4) is 0 Å². The molecule has 0 saturated carbocycles. The first-order valence-corrected chi connectivity index (χ1v) is 12.7. The maximum absolute atomic E-state index is 13.3. The van der Waals surface area contributed by atoms with Crippen LogP contribution in [-0.2, 0) is 0 Å². The Labute approximate surface area is 213 Å². The molecule has 2 heterocycles. The average Bonchev–Trinajstić information content (AvgIpc) is 3.31. The SMILES string of the molecule is Cc1nc(N2CCCCC2)sc1C(=O)c1ccc(Oc2ccc(-c3ccccc3)cc2)c([N+](=O)[O-])c1. The van der Waals surface area contributed by atoms with Crippen molar-refractivity contribution in [2.24, 2.45) is 0 Å². The highest BCUT2D eigenvalue weighted by molar-refractivity contribution is 7.17. The summed E-state index contributed by atoms with van der Waals surface area (Å²) in [6, 6.07) is 21.6. The van der Waals surface area contributed by atoms with Crippen molar-refractivity contribution in [2.75, 3.05) is 18.0 Å². The monoisotopic (exact) mass is 499 g/mol. The van der Waals surface area contributed by atoms with E-state index in [1.165, 1.54) is 29.9 Å². The molecule has 1 saturated heterocycles. The molecule has 0 bridgehead atoms. The number of piperidine rings is 1. The number of benzene rings is 3. The third-order valence-corrected chi connectivity index (χ3v) is 7.44. The molecule has 36 heavy (non-hydrogen) atoms. The van der Waals surface area contributed by atoms with E-state index in [1.54, 1.807) is 18.2 Å². The van der Waals surface area contributed by atoms with E-state index in [9.17, 15) is 14.9 Å². The third kappa shape index (κ3) is 4.99. The summed E-state index contributed by atoms with van der Waals surface area (Å²) in [7, 11) is 0. The van der Waals surface area contributed by atoms with E-state index in [0.717, 1.165) is 42.2 Å². The van der Waals surface area contributed by atoms with Crippen molar-refractivity contribution in [1.29, 1.82) is 0 Å². The van der Waals surface area contributed by atoms with E-state index in [4.69, 9.17) is 4.74 Å². The summed E-state index contributed by atoms with van der Waals surface area (Å²) >= 11 is 1.35. The predicted octanol–water partition coefficient (Wildman–Crippen LogP) is 7.04. The smallest absolute Gasteiger partial charge is 0.312 e. The zero-order chi connectivity index (χ0) is 25.1. The molecule has 3 aromatic carbocycles. The van der Waals surface area contributed by atoms with E-state index < -0.39 is 4.92 Å². The topological polar surface area (TPSA) is 85.6 Å². The van der Waals surface area contributed by atoms with Gasteiger partial charge in [0.05, 0.1) is 15.5 Å². The zero-order valence-corrected chi connectivity index (χ0v) is 20.7. The fourth-order valence-electron chi connectivity index (χ4n) is 4.30. The highest BCUT2D eigenvalue weighted by atomic mass is 32.1. The molecule has 0 amide bonds. The van der Waals surface area contributed by atoms with Crippen molar-refractivity contribution < 1.29 is 14.5 Å². The van der Waals surface area contributed by atoms with Gasteiger partial charge >= 0.3 is 5.69 Å². The highest BCUT2D eigenvalue weighted by Crippen LogP contribution is 2.35. The van der Waals surface area contributed by atoms with Gasteiger partial charge in [0.25, 0.3) is 0 Å². The number of nitro benzene ring substituents is 1. The highest BCUT2D eigenvalue weighted by Gasteiger charge is 2.24. The number of carbonyl (C=O) groups excluding carboxylic acids is 1. The lowest BCUT2D eigenvalue weighted by Crippen LogP contribution is -2.29. The number of hydrogen-bond acceptors (Lipinski definition) is 7. The second kappa shape index (κ2) is 10.3. The number of rotatable bonds is 7. The molecule has 1 aliphatic heterocycles. The van der Waals surface area contributed by atoms with Gasteiger partial charge in [-0.3, -0.25) is 14.9 Å². The van der Waals surface area contributed by atoms with Crippen molar-refractivity contribution in [1.82, 2.24) is 4.98 Å². The Morgan fingerprint density at radius 3 is 2.36 bits per heavy atom. The summed E-state index contributed by atoms with van der Waals surface area (Å²) < 4.78 is 5.84. The minimum absolute atomic E-state index is 0.0824. The van der Waals surface area contributed by atoms with Crippen LogP contribution in [0.2, 0.25) is 0 Å². The van der Waals surface area contributed by atoms with Gasteiger partial charge in [-0.15, -0.1) is 0 Å². The second-order valence-corrected chi connectivity index (χ2v) is 9.70. The lowest BCUT2D eigenvalue weighted by Gasteiger charge is -2.25. The summed E-state index contributed by atoms with van der Waals surface area (Å²) in [5.74, 6) is 0.287. The van der Waals surface area contributed by atoms with Crippen LogP contribution in [0.1, 0.15) is 40.2 Å². The first-order chi connectivity index (χ1) is 17.5. The van der Waals surface area contributed by atoms with Crippen LogP contribution in [0.25, 0.3) is 11.1 Å². The molecule has 0 radical (unpaired) electrons. The molecule has 5 rings (SSSR count). The van der Waals surface area contributed by atoms with Crippen LogP contribution in [0.15, 0.2) is 72.8 Å². The molecular weight excluding hydrogens is 474 g/mol. The normalized spacial score (nSPS) is 13.4. The summed E-state index contributed by atoms with van der Waals surface area (Å²) in [6.07, 6.45) is 3.44. The van der Waals surface area contributed by atoms with Gasteiger partial charge in [-0.2, -0.15) is 0 Å². The molecule has 8 heteroatoms. The van der Waals surface area contributed by atoms with Crippen molar-refractivity contribution in [2.45, 2.75) is 26.2 Å². The summed E-state index contributed by atoms with van der Waals surface area (Å²) in [5, 5.41) is 12.7. The molecule has 1 aliphatic rings. The summed E-state index contributed by atoms with van der Waals surface area (Å²) in [5.41, 5.74) is 2.71. The van der Waals surface area contributed by atoms with E-state index >= 15 is 0 Å². The van der Waals surface area contributed by atoms with Gasteiger partial charge < -0.3 is 9.64 Å². The van der Waals surface area contributed by atoms with Crippen LogP contribution in [0, 0.1) is 17.0 Å². The third-order valence-electron chi connectivity index (χ3n) is 6.23. The second-order valence-electron chi connectivity index (χ2n) is 8.72. The molecule has 0 unspecified atom stereocenters. The van der Waals surface area contributed by atoms with Crippen LogP contribution < -0.4 is 9.64 Å². The fraction of sp³-hybridized carbons (Fsp3) is 0.214. The van der Waals surface area contributed by atoms with Crippen LogP contribution >= 0.6 is 11.3 Å². The Bertz CT molecular complexity index is 1390. The molecule has 1 fully saturated rings. The van der Waals surface area contributed by atoms with Crippen molar-refractivity contribution >= 4 is 27.9 Å². The number of thiazole rings is 1. The van der Waals surface area contributed by atoms with E-state index in [2.05, 4.69) is 9.88 Å². The van der Waals surface area contributed by atoms with Crippen LogP contribution in [-0.4, -0.2) is 28.8 Å². The Morgan fingerprint density at radius 2 is 1.67 bits per heavy atom. The Kier molecular flexibility index (Phi) is 6.77. The fourth-order valence-corrected chi connectivity index (χ4v) is 5.39. The van der Waals surface area contributed by atoms with Gasteiger partial charge in [0, 0.05) is 24.7 Å². The molecule has 1 aromatic heterocycles. The van der Waals surface area contributed by atoms with Gasteiger partial charge in [0.2, 0.25) is 11.5 Å². The van der Waals surface area contributed by atoms with Gasteiger partial charge in [-0.1, -0.05) is 53.8 Å². The molecule has 4 aromatic rings. The van der Waals surface area contributed by atoms with Crippen molar-refractivity contribution in [3.8, 4) is 22.6 Å². The molecule has 7 nitrogen and oxygen atoms in total. The number of nitrogens with zero attached hydrogens (tertiary/aromatic N) is 3. The quantitative estimate of drug-likeness (QED) is 0.154. The largest absolute Gasteiger partial charge is 0.450 e. The minimum Gasteiger partial charge on any atom is -0.450 e. The number of aryl methyl sites for hydroxylation is 1. The molecule has 0 aliphatic carbocycles. The zero-order valence-electron chi connectivity index (χ0n) is 19.8. The number of aromatic nitrogens is 1. The maximum Gasteiger partial charge on any atom is 0.312 e. The minimum atomic E-state index is -0.525. The number of nitro groups is 1. The number of anilines is 1. The molecular formula is C28H25N3O4S. The summed E-state index contributed by atoms with van der Waals surface area (Å²) in [4.78, 5) is 31.9. The van der Waals surface area contributed by atoms with Gasteiger partial charge in [0.15, 0.2) is 5.13 Å². The van der Waals surface area contributed by atoms with E-state index in [1.807, 2.05) is 49.4 Å². The average molecular weight is 500 g/mol. The van der Waals surface area contributed by atoms with Gasteiger partial charge in [0.1, 0.15) is 5.75 Å². The first-order valence-electron chi connectivity index (χ1n) is 11.9. The molecule has 0 spiro atoms. The molecule has 0 atom stereocenters. The van der Waals surface area contributed by atoms with Crippen LogP contribution in [0.5, 0.6) is 11.5 Å². The molecule has 0 N–H and O–H groups in total. The van der Waals surface area contributed by atoms with Crippen LogP contribution in [0.4, 0.5) is 10.8 Å². The van der Waals surface area contributed by atoms with Gasteiger partial charge in [-0.25, -0.2) is 4.98 Å². The Balaban J connectivity index is 1.37. The maximum atomic E-state index is 13.3. The number of hydrogen-bond donors (Lipinski definition) is 0. The Morgan fingerprint density at radius 1 is 0.972 bits per heavy atom. The lowest BCUT2D eigenvalue weighted by molar-refractivity contribution is -0.385. The van der Waals surface area contributed by atoms with Crippen molar-refractivity contribution in [3.05, 3.63) is 99.0 Å². The first kappa shape index (κ1) is 23.7. The van der Waals surface area contributed by atoms with E-state index in [0.29, 0.717) is 16.3 Å². The van der Waals surface area contributed by atoms with Gasteiger partial charge in [-0.05, 0) is 61.6 Å². The lowest BCUT2D eigenvalue weighted by atomic mass is 10.1. The van der Waals surface area contributed by atoms with Crippen molar-refractivity contribution in [3.63, 3.8) is 0 Å². The standard InChI is InChI=1S/C28H25N3O4S/c1-19-27(36-28(29-19)30-16-6-3-7-17-30)26(32)22-12-15-25(24(18-22)31(33)34)35-23-13-10-21(11-14-23)20-8-4-2-5-9-20/h2,4-5,8-15,18H,3,6-7,16-17H2,1H3. The number of ketones is 1.